The second-order valence-corrected chi connectivity index (χ2v) is 5.99. The van der Waals surface area contributed by atoms with E-state index in [0.717, 1.165) is 33.3 Å². The van der Waals surface area contributed by atoms with Gasteiger partial charge in [0.15, 0.2) is 5.82 Å². The van der Waals surface area contributed by atoms with E-state index in [1.807, 2.05) is 30.3 Å². The van der Waals surface area contributed by atoms with Gasteiger partial charge in [0.25, 0.3) is 0 Å². The lowest BCUT2D eigenvalue weighted by Crippen LogP contribution is -2.10. The Hall–Kier alpha value is -3.87. The summed E-state index contributed by atoms with van der Waals surface area (Å²) in [6.45, 7) is 0. The van der Waals surface area contributed by atoms with E-state index in [-0.39, 0.29) is 0 Å². The molecule has 5 aromatic rings. The lowest BCUT2D eigenvalue weighted by atomic mass is 10.1. The van der Waals surface area contributed by atoms with Crippen LogP contribution in [0.2, 0.25) is 0 Å². The standard InChI is InChI=1S/C19H13N5O2/c20-18(25)11-4-5-13-12(8-11)17(24-23-13)19-21-14-6-3-10(9-15(14)22-19)16-2-1-7-26-16/h1-9H,(H2,20,25)(H,21,22)(H,23,24). The molecular formula is C19H13N5O2. The highest BCUT2D eigenvalue weighted by Gasteiger charge is 2.15. The monoisotopic (exact) mass is 343 g/mol. The molecule has 3 aromatic heterocycles. The second-order valence-electron chi connectivity index (χ2n) is 5.99. The molecule has 0 spiro atoms. The van der Waals surface area contributed by atoms with Crippen molar-refractivity contribution in [2.45, 2.75) is 0 Å². The number of H-pyrrole nitrogens is 2. The van der Waals surface area contributed by atoms with Gasteiger partial charge < -0.3 is 15.1 Å². The van der Waals surface area contributed by atoms with Crippen molar-refractivity contribution in [2.24, 2.45) is 5.73 Å². The topological polar surface area (TPSA) is 114 Å². The van der Waals surface area contributed by atoms with Crippen LogP contribution in [0.1, 0.15) is 10.4 Å². The van der Waals surface area contributed by atoms with Gasteiger partial charge in [0.2, 0.25) is 5.91 Å². The summed E-state index contributed by atoms with van der Waals surface area (Å²) in [6.07, 6.45) is 1.64. The molecule has 0 aliphatic carbocycles. The number of imidazole rings is 1. The summed E-state index contributed by atoms with van der Waals surface area (Å²) < 4.78 is 5.45. The third kappa shape index (κ3) is 2.18. The minimum Gasteiger partial charge on any atom is -0.464 e. The number of primary amides is 1. The van der Waals surface area contributed by atoms with Crippen LogP contribution in [0.3, 0.4) is 0 Å². The highest BCUT2D eigenvalue weighted by molar-refractivity contribution is 6.00. The quantitative estimate of drug-likeness (QED) is 0.465. The Kier molecular flexibility index (Phi) is 2.96. The van der Waals surface area contributed by atoms with Gasteiger partial charge in [-0.15, -0.1) is 0 Å². The van der Waals surface area contributed by atoms with Gasteiger partial charge in [0, 0.05) is 16.5 Å². The van der Waals surface area contributed by atoms with Gasteiger partial charge in [-0.2, -0.15) is 5.10 Å². The minimum atomic E-state index is -0.480. The van der Waals surface area contributed by atoms with Crippen molar-refractivity contribution in [1.29, 1.82) is 0 Å². The third-order valence-electron chi connectivity index (χ3n) is 4.36. The average Bonchev–Trinajstić information content (AvgIpc) is 3.38. The van der Waals surface area contributed by atoms with Crippen LogP contribution in [0.4, 0.5) is 0 Å². The number of aromatic nitrogens is 4. The number of rotatable bonds is 3. The zero-order valence-electron chi connectivity index (χ0n) is 13.5. The van der Waals surface area contributed by atoms with Crippen LogP contribution in [0.25, 0.3) is 44.8 Å². The smallest absolute Gasteiger partial charge is 0.248 e. The number of hydrogen-bond acceptors (Lipinski definition) is 4. The predicted molar refractivity (Wildman–Crippen MR) is 97.4 cm³/mol. The number of nitrogens with zero attached hydrogens (tertiary/aromatic N) is 2. The van der Waals surface area contributed by atoms with Crippen molar-refractivity contribution < 1.29 is 9.21 Å². The molecule has 0 saturated heterocycles. The SMILES string of the molecule is NC(=O)c1ccc2[nH]nc(-c3nc4ccc(-c5ccco5)cc4[nH]3)c2c1. The third-order valence-corrected chi connectivity index (χ3v) is 4.36. The van der Waals surface area contributed by atoms with Crippen molar-refractivity contribution >= 4 is 27.8 Å². The molecule has 0 atom stereocenters. The van der Waals surface area contributed by atoms with Crippen LogP contribution in [0.5, 0.6) is 0 Å². The summed E-state index contributed by atoms with van der Waals surface area (Å²) in [5.41, 5.74) is 9.90. The maximum absolute atomic E-state index is 11.5. The molecule has 0 aliphatic rings. The fraction of sp³-hybridized carbons (Fsp3) is 0. The summed E-state index contributed by atoms with van der Waals surface area (Å²) in [5, 5.41) is 8.08. The first-order valence-electron chi connectivity index (χ1n) is 8.01. The Bertz CT molecular complexity index is 1260. The lowest BCUT2D eigenvalue weighted by molar-refractivity contribution is 0.100. The zero-order valence-corrected chi connectivity index (χ0v) is 13.5. The number of furan rings is 1. The molecule has 2 aromatic carbocycles. The first-order valence-corrected chi connectivity index (χ1v) is 8.01. The largest absolute Gasteiger partial charge is 0.464 e. The second kappa shape index (κ2) is 5.32. The van der Waals surface area contributed by atoms with E-state index in [2.05, 4.69) is 20.2 Å². The van der Waals surface area contributed by atoms with Crippen molar-refractivity contribution in [1.82, 2.24) is 20.2 Å². The number of amides is 1. The van der Waals surface area contributed by atoms with Gasteiger partial charge in [-0.05, 0) is 48.5 Å². The number of nitrogens with two attached hydrogens (primary N) is 1. The van der Waals surface area contributed by atoms with E-state index < -0.39 is 5.91 Å². The molecule has 0 bridgehead atoms. The number of hydrogen-bond donors (Lipinski definition) is 3. The van der Waals surface area contributed by atoms with Crippen LogP contribution in [0.15, 0.2) is 59.2 Å². The minimum absolute atomic E-state index is 0.427. The number of nitrogens with one attached hydrogen (secondary N) is 2. The summed E-state index contributed by atoms with van der Waals surface area (Å²) in [6, 6.07) is 14.8. The summed E-state index contributed by atoms with van der Waals surface area (Å²) in [5.74, 6) is 0.926. The number of aromatic amines is 2. The summed E-state index contributed by atoms with van der Waals surface area (Å²) >= 11 is 0. The molecule has 3 heterocycles. The predicted octanol–water partition coefficient (Wildman–Crippen LogP) is 3.47. The van der Waals surface area contributed by atoms with E-state index in [0.29, 0.717) is 17.1 Å². The molecule has 0 fully saturated rings. The Labute approximate surface area is 146 Å². The van der Waals surface area contributed by atoms with Gasteiger partial charge in [-0.3, -0.25) is 9.89 Å². The maximum atomic E-state index is 11.5. The van der Waals surface area contributed by atoms with Crippen molar-refractivity contribution in [2.75, 3.05) is 0 Å². The normalized spacial score (nSPS) is 11.4. The molecule has 0 radical (unpaired) electrons. The van der Waals surface area contributed by atoms with Crippen LogP contribution in [-0.4, -0.2) is 26.1 Å². The Morgan fingerprint density at radius 1 is 1.08 bits per heavy atom. The first kappa shape index (κ1) is 14.5. The van der Waals surface area contributed by atoms with Crippen molar-refractivity contribution in [3.05, 3.63) is 60.4 Å². The molecule has 7 heteroatoms. The van der Waals surface area contributed by atoms with E-state index in [1.54, 1.807) is 24.5 Å². The molecule has 0 unspecified atom stereocenters. The van der Waals surface area contributed by atoms with E-state index in [9.17, 15) is 4.79 Å². The molecule has 0 saturated carbocycles. The Morgan fingerprint density at radius 2 is 2.00 bits per heavy atom. The molecule has 5 rings (SSSR count). The van der Waals surface area contributed by atoms with E-state index >= 15 is 0 Å². The molecule has 26 heavy (non-hydrogen) atoms. The summed E-state index contributed by atoms with van der Waals surface area (Å²) in [4.78, 5) is 19.4. The van der Waals surface area contributed by atoms with Crippen LogP contribution in [0, 0.1) is 0 Å². The number of benzene rings is 2. The number of carbonyl (C=O) groups excluding carboxylic acids is 1. The molecular weight excluding hydrogens is 330 g/mol. The number of carbonyl (C=O) groups is 1. The first-order chi connectivity index (χ1) is 12.7. The van der Waals surface area contributed by atoms with E-state index in [1.165, 1.54) is 0 Å². The zero-order chi connectivity index (χ0) is 17.7. The van der Waals surface area contributed by atoms with E-state index in [4.69, 9.17) is 10.2 Å². The van der Waals surface area contributed by atoms with Crippen LogP contribution < -0.4 is 5.73 Å². The van der Waals surface area contributed by atoms with Crippen LogP contribution >= 0.6 is 0 Å². The van der Waals surface area contributed by atoms with Gasteiger partial charge in [0.1, 0.15) is 11.5 Å². The molecule has 0 aliphatic heterocycles. The number of fused-ring (bicyclic) bond motifs is 2. The van der Waals surface area contributed by atoms with Crippen molar-refractivity contribution in [3.8, 4) is 22.8 Å². The van der Waals surface area contributed by atoms with Gasteiger partial charge >= 0.3 is 0 Å². The fourth-order valence-corrected chi connectivity index (χ4v) is 3.07. The van der Waals surface area contributed by atoms with Gasteiger partial charge in [-0.25, -0.2) is 4.98 Å². The molecule has 4 N–H and O–H groups in total. The molecule has 1 amide bonds. The Morgan fingerprint density at radius 3 is 2.81 bits per heavy atom. The van der Waals surface area contributed by atoms with Gasteiger partial charge in [0.05, 0.1) is 22.8 Å². The molecule has 7 nitrogen and oxygen atoms in total. The summed E-state index contributed by atoms with van der Waals surface area (Å²) in [7, 11) is 0. The average molecular weight is 343 g/mol. The van der Waals surface area contributed by atoms with Crippen molar-refractivity contribution in [3.63, 3.8) is 0 Å². The Balaban J connectivity index is 1.66. The maximum Gasteiger partial charge on any atom is 0.248 e. The van der Waals surface area contributed by atoms with Gasteiger partial charge in [-0.1, -0.05) is 0 Å². The molecule has 126 valence electrons. The fourth-order valence-electron chi connectivity index (χ4n) is 3.07. The van der Waals surface area contributed by atoms with Crippen LogP contribution in [-0.2, 0) is 0 Å². The highest BCUT2D eigenvalue weighted by Crippen LogP contribution is 2.29. The highest BCUT2D eigenvalue weighted by atomic mass is 16.3. The lowest BCUT2D eigenvalue weighted by Gasteiger charge is -1.96.